The van der Waals surface area contributed by atoms with Gasteiger partial charge in [-0.15, -0.1) is 10.2 Å². The predicted octanol–water partition coefficient (Wildman–Crippen LogP) is 2.61. The molecule has 1 saturated heterocycles. The number of hydrogen-bond acceptors (Lipinski definition) is 5. The van der Waals surface area contributed by atoms with Crippen LogP contribution in [0.5, 0.6) is 0 Å². The third kappa shape index (κ3) is 4.28. The topological polar surface area (TPSA) is 51.0 Å². The minimum atomic E-state index is 0.182. The van der Waals surface area contributed by atoms with E-state index in [2.05, 4.69) is 36.3 Å². The van der Waals surface area contributed by atoms with Gasteiger partial charge >= 0.3 is 0 Å². The van der Waals surface area contributed by atoms with Gasteiger partial charge in [-0.25, -0.2) is 0 Å². The highest BCUT2D eigenvalue weighted by Gasteiger charge is 2.23. The molecule has 5 heteroatoms. The Morgan fingerprint density at radius 3 is 2.89 bits per heavy atom. The Labute approximate surface area is 113 Å². The van der Waals surface area contributed by atoms with Crippen molar-refractivity contribution in [1.29, 1.82) is 0 Å². The minimum Gasteiger partial charge on any atom is -0.425 e. The van der Waals surface area contributed by atoms with E-state index in [1.165, 1.54) is 12.2 Å². The van der Waals surface area contributed by atoms with Gasteiger partial charge in [0, 0.05) is 23.6 Å². The second-order valence-corrected chi connectivity index (χ2v) is 7.02. The van der Waals surface area contributed by atoms with E-state index in [1.54, 1.807) is 0 Å². The Balaban J connectivity index is 1.73. The summed E-state index contributed by atoms with van der Waals surface area (Å²) < 4.78 is 5.74. The highest BCUT2D eigenvalue weighted by molar-refractivity contribution is 7.99. The maximum Gasteiger partial charge on any atom is 0.220 e. The quantitative estimate of drug-likeness (QED) is 0.833. The Kier molecular flexibility index (Phi) is 4.67. The van der Waals surface area contributed by atoms with E-state index >= 15 is 0 Å². The standard InChI is InChI=1S/C13H23N3OS/c1-13(2,3)14-7-4-5-11-15-16-12(17-11)10-6-8-18-9-10/h10,14H,4-9H2,1-3H3. The molecule has 0 bridgehead atoms. The van der Waals surface area contributed by atoms with Crippen LogP contribution in [-0.2, 0) is 6.42 Å². The van der Waals surface area contributed by atoms with E-state index in [0.29, 0.717) is 5.92 Å². The molecule has 0 aliphatic carbocycles. The summed E-state index contributed by atoms with van der Waals surface area (Å²) in [5.41, 5.74) is 0.182. The predicted molar refractivity (Wildman–Crippen MR) is 75.1 cm³/mol. The van der Waals surface area contributed by atoms with Gasteiger partial charge in [0.15, 0.2) is 0 Å². The molecule has 2 heterocycles. The Morgan fingerprint density at radius 1 is 1.39 bits per heavy atom. The highest BCUT2D eigenvalue weighted by atomic mass is 32.2. The summed E-state index contributed by atoms with van der Waals surface area (Å²) in [5, 5.41) is 11.8. The molecule has 2 rings (SSSR count). The van der Waals surface area contributed by atoms with Crippen molar-refractivity contribution in [3.05, 3.63) is 11.8 Å². The van der Waals surface area contributed by atoms with Gasteiger partial charge in [-0.05, 0) is 45.9 Å². The lowest BCUT2D eigenvalue weighted by molar-refractivity contribution is 0.398. The van der Waals surface area contributed by atoms with Gasteiger partial charge in [0.2, 0.25) is 11.8 Å². The summed E-state index contributed by atoms with van der Waals surface area (Å²) in [5.74, 6) is 4.48. The van der Waals surface area contributed by atoms with Crippen LogP contribution in [0.4, 0.5) is 0 Å². The smallest absolute Gasteiger partial charge is 0.220 e. The summed E-state index contributed by atoms with van der Waals surface area (Å²) in [4.78, 5) is 0. The maximum atomic E-state index is 5.74. The number of nitrogens with one attached hydrogen (secondary N) is 1. The van der Waals surface area contributed by atoms with Crippen molar-refractivity contribution in [1.82, 2.24) is 15.5 Å². The van der Waals surface area contributed by atoms with Crippen molar-refractivity contribution in [3.63, 3.8) is 0 Å². The molecule has 4 nitrogen and oxygen atoms in total. The Morgan fingerprint density at radius 2 is 2.22 bits per heavy atom. The SMILES string of the molecule is CC(C)(C)NCCCc1nnc(C2CCSC2)o1. The van der Waals surface area contributed by atoms with E-state index in [-0.39, 0.29) is 5.54 Å². The second-order valence-electron chi connectivity index (χ2n) is 5.87. The first-order valence-corrected chi connectivity index (χ1v) is 7.85. The van der Waals surface area contributed by atoms with E-state index in [1.807, 2.05) is 11.8 Å². The molecule has 0 spiro atoms. The molecular formula is C13H23N3OS. The zero-order chi connectivity index (χ0) is 13.0. The van der Waals surface area contributed by atoms with Crippen LogP contribution in [0.2, 0.25) is 0 Å². The van der Waals surface area contributed by atoms with Crippen LogP contribution < -0.4 is 5.32 Å². The molecule has 1 fully saturated rings. The Bertz CT molecular complexity index is 367. The molecule has 1 N–H and O–H groups in total. The van der Waals surface area contributed by atoms with Gasteiger partial charge in [0.1, 0.15) is 0 Å². The van der Waals surface area contributed by atoms with Crippen molar-refractivity contribution in [3.8, 4) is 0 Å². The number of aryl methyl sites for hydroxylation is 1. The van der Waals surface area contributed by atoms with Crippen molar-refractivity contribution in [2.24, 2.45) is 0 Å². The molecule has 102 valence electrons. The molecule has 1 unspecified atom stereocenters. The van der Waals surface area contributed by atoms with Crippen LogP contribution in [0, 0.1) is 0 Å². The molecule has 0 aromatic carbocycles. The first-order valence-electron chi connectivity index (χ1n) is 6.70. The van der Waals surface area contributed by atoms with Gasteiger partial charge < -0.3 is 9.73 Å². The number of thioether (sulfide) groups is 1. The van der Waals surface area contributed by atoms with Crippen LogP contribution in [0.25, 0.3) is 0 Å². The largest absolute Gasteiger partial charge is 0.425 e. The fourth-order valence-corrected chi connectivity index (χ4v) is 3.18. The lowest BCUT2D eigenvalue weighted by Crippen LogP contribution is -2.36. The van der Waals surface area contributed by atoms with E-state index < -0.39 is 0 Å². The van der Waals surface area contributed by atoms with Gasteiger partial charge in [-0.3, -0.25) is 0 Å². The zero-order valence-corrected chi connectivity index (χ0v) is 12.3. The summed E-state index contributed by atoms with van der Waals surface area (Å²) in [6.07, 6.45) is 3.09. The molecule has 0 amide bonds. The third-order valence-corrected chi connectivity index (χ3v) is 4.15. The maximum absolute atomic E-state index is 5.74. The van der Waals surface area contributed by atoms with Gasteiger partial charge in [0.05, 0.1) is 0 Å². The number of aromatic nitrogens is 2. The average molecular weight is 269 g/mol. The molecule has 1 aliphatic rings. The summed E-state index contributed by atoms with van der Waals surface area (Å²) >= 11 is 1.97. The van der Waals surface area contributed by atoms with Crippen LogP contribution in [0.3, 0.4) is 0 Å². The van der Waals surface area contributed by atoms with E-state index in [4.69, 9.17) is 4.42 Å². The van der Waals surface area contributed by atoms with Crippen LogP contribution >= 0.6 is 11.8 Å². The fraction of sp³-hybridized carbons (Fsp3) is 0.846. The molecule has 0 saturated carbocycles. The lowest BCUT2D eigenvalue weighted by atomic mass is 10.1. The minimum absolute atomic E-state index is 0.182. The molecule has 18 heavy (non-hydrogen) atoms. The lowest BCUT2D eigenvalue weighted by Gasteiger charge is -2.19. The van der Waals surface area contributed by atoms with Gasteiger partial charge in [0.25, 0.3) is 0 Å². The molecule has 1 aromatic rings. The first kappa shape index (κ1) is 13.9. The number of rotatable bonds is 5. The zero-order valence-electron chi connectivity index (χ0n) is 11.5. The van der Waals surface area contributed by atoms with Crippen LogP contribution in [0.15, 0.2) is 4.42 Å². The normalized spacial score (nSPS) is 20.5. The molecule has 0 radical (unpaired) electrons. The van der Waals surface area contributed by atoms with Crippen molar-refractivity contribution < 1.29 is 4.42 Å². The fourth-order valence-electron chi connectivity index (χ4n) is 1.96. The van der Waals surface area contributed by atoms with Crippen molar-refractivity contribution in [2.45, 2.75) is 51.5 Å². The van der Waals surface area contributed by atoms with E-state index in [9.17, 15) is 0 Å². The van der Waals surface area contributed by atoms with Crippen molar-refractivity contribution >= 4 is 11.8 Å². The van der Waals surface area contributed by atoms with Gasteiger partial charge in [-0.1, -0.05) is 0 Å². The van der Waals surface area contributed by atoms with E-state index in [0.717, 1.165) is 36.9 Å². The van der Waals surface area contributed by atoms with Crippen LogP contribution in [0.1, 0.15) is 51.3 Å². The summed E-state index contributed by atoms with van der Waals surface area (Å²) in [7, 11) is 0. The molecular weight excluding hydrogens is 246 g/mol. The summed E-state index contributed by atoms with van der Waals surface area (Å²) in [6.45, 7) is 7.52. The summed E-state index contributed by atoms with van der Waals surface area (Å²) in [6, 6.07) is 0. The molecule has 1 atom stereocenters. The first-order chi connectivity index (χ1) is 8.54. The average Bonchev–Trinajstić information content (AvgIpc) is 2.93. The molecule has 1 aromatic heterocycles. The Hall–Kier alpha value is -0.550. The monoisotopic (exact) mass is 269 g/mol. The second kappa shape index (κ2) is 6.06. The van der Waals surface area contributed by atoms with Gasteiger partial charge in [-0.2, -0.15) is 11.8 Å². The van der Waals surface area contributed by atoms with Crippen molar-refractivity contribution in [2.75, 3.05) is 18.1 Å². The number of hydrogen-bond donors (Lipinski definition) is 1. The number of nitrogens with zero attached hydrogens (tertiary/aromatic N) is 2. The van der Waals surface area contributed by atoms with Crippen LogP contribution in [-0.4, -0.2) is 33.8 Å². The molecule has 1 aliphatic heterocycles. The third-order valence-electron chi connectivity index (χ3n) is 2.98. The highest BCUT2D eigenvalue weighted by Crippen LogP contribution is 2.31.